The standard InChI is InChI=1S/C13H15NO3/c1-17-8-2-3-11-9(6-8)13(4-5-14-11)7-10(13)12(15)16/h2-3,6,10,14H,4-5,7H2,1H3,(H,15,16). The summed E-state index contributed by atoms with van der Waals surface area (Å²) in [7, 11) is 1.63. The normalized spacial score (nSPS) is 29.4. The van der Waals surface area contributed by atoms with E-state index in [2.05, 4.69) is 5.32 Å². The highest BCUT2D eigenvalue weighted by molar-refractivity contribution is 5.79. The minimum Gasteiger partial charge on any atom is -0.497 e. The molecule has 0 radical (unpaired) electrons. The number of carboxylic acid groups (broad SMARTS) is 1. The van der Waals surface area contributed by atoms with Crippen LogP contribution in [-0.2, 0) is 10.2 Å². The molecule has 3 rings (SSSR count). The number of ether oxygens (including phenoxy) is 1. The molecule has 1 aromatic rings. The quantitative estimate of drug-likeness (QED) is 0.818. The monoisotopic (exact) mass is 233 g/mol. The maximum Gasteiger partial charge on any atom is 0.307 e. The van der Waals surface area contributed by atoms with Crippen LogP contribution in [0.4, 0.5) is 5.69 Å². The molecule has 4 heteroatoms. The van der Waals surface area contributed by atoms with Crippen molar-refractivity contribution < 1.29 is 14.6 Å². The van der Waals surface area contributed by atoms with E-state index < -0.39 is 5.97 Å². The minimum atomic E-state index is -0.680. The van der Waals surface area contributed by atoms with Crippen molar-refractivity contribution in [3.8, 4) is 5.75 Å². The molecule has 1 heterocycles. The molecular formula is C13H15NO3. The number of nitrogens with one attached hydrogen (secondary N) is 1. The fourth-order valence-corrected chi connectivity index (χ4v) is 2.97. The number of benzene rings is 1. The molecule has 0 aromatic heterocycles. The van der Waals surface area contributed by atoms with Crippen LogP contribution >= 0.6 is 0 Å². The van der Waals surface area contributed by atoms with E-state index in [9.17, 15) is 9.90 Å². The van der Waals surface area contributed by atoms with Crippen molar-refractivity contribution in [3.63, 3.8) is 0 Å². The van der Waals surface area contributed by atoms with E-state index in [-0.39, 0.29) is 11.3 Å². The smallest absolute Gasteiger partial charge is 0.307 e. The van der Waals surface area contributed by atoms with E-state index in [4.69, 9.17) is 4.74 Å². The number of hydrogen-bond donors (Lipinski definition) is 2. The third-order valence-electron chi connectivity index (χ3n) is 4.02. The highest BCUT2D eigenvalue weighted by atomic mass is 16.5. The zero-order valence-electron chi connectivity index (χ0n) is 9.69. The molecule has 1 aliphatic carbocycles. The molecule has 2 unspecified atom stereocenters. The van der Waals surface area contributed by atoms with Crippen LogP contribution in [0.2, 0.25) is 0 Å². The number of rotatable bonds is 2. The van der Waals surface area contributed by atoms with E-state index >= 15 is 0 Å². The van der Waals surface area contributed by atoms with Gasteiger partial charge in [-0.3, -0.25) is 4.79 Å². The zero-order chi connectivity index (χ0) is 12.0. The Hall–Kier alpha value is -1.71. The van der Waals surface area contributed by atoms with Gasteiger partial charge in [-0.1, -0.05) is 0 Å². The number of aliphatic carboxylic acids is 1. The third kappa shape index (κ3) is 1.40. The second-order valence-corrected chi connectivity index (χ2v) is 4.84. The average molecular weight is 233 g/mol. The van der Waals surface area contributed by atoms with Crippen molar-refractivity contribution in [1.82, 2.24) is 0 Å². The summed E-state index contributed by atoms with van der Waals surface area (Å²) in [4.78, 5) is 11.1. The Morgan fingerprint density at radius 3 is 3.06 bits per heavy atom. The van der Waals surface area contributed by atoms with E-state index in [1.807, 2.05) is 18.2 Å². The van der Waals surface area contributed by atoms with Gasteiger partial charge in [-0.25, -0.2) is 0 Å². The maximum absolute atomic E-state index is 11.1. The summed E-state index contributed by atoms with van der Waals surface area (Å²) in [5, 5.41) is 12.5. The Bertz CT molecular complexity index is 486. The number of fused-ring (bicyclic) bond motifs is 2. The molecule has 1 aromatic carbocycles. The van der Waals surface area contributed by atoms with Crippen molar-refractivity contribution in [2.45, 2.75) is 18.3 Å². The first-order valence-electron chi connectivity index (χ1n) is 5.82. The largest absolute Gasteiger partial charge is 0.497 e. The molecular weight excluding hydrogens is 218 g/mol. The van der Waals surface area contributed by atoms with Gasteiger partial charge >= 0.3 is 5.97 Å². The van der Waals surface area contributed by atoms with Crippen LogP contribution in [0.5, 0.6) is 5.75 Å². The first-order valence-corrected chi connectivity index (χ1v) is 5.82. The molecule has 0 bridgehead atoms. The summed E-state index contributed by atoms with van der Waals surface area (Å²) in [6.07, 6.45) is 1.65. The molecule has 1 aliphatic heterocycles. The van der Waals surface area contributed by atoms with Gasteiger partial charge in [-0.2, -0.15) is 0 Å². The first kappa shape index (κ1) is 10.4. The van der Waals surface area contributed by atoms with Crippen LogP contribution in [0.15, 0.2) is 18.2 Å². The van der Waals surface area contributed by atoms with Gasteiger partial charge in [0.15, 0.2) is 0 Å². The molecule has 1 fully saturated rings. The second-order valence-electron chi connectivity index (χ2n) is 4.84. The molecule has 0 saturated heterocycles. The fraction of sp³-hybridized carbons (Fsp3) is 0.462. The average Bonchev–Trinajstić information content (AvgIpc) is 3.05. The molecule has 90 valence electrons. The number of carbonyl (C=O) groups is 1. The van der Waals surface area contributed by atoms with Crippen molar-refractivity contribution in [1.29, 1.82) is 0 Å². The number of hydrogen-bond acceptors (Lipinski definition) is 3. The highest BCUT2D eigenvalue weighted by Crippen LogP contribution is 2.60. The van der Waals surface area contributed by atoms with Crippen LogP contribution in [0, 0.1) is 5.92 Å². The molecule has 1 spiro atoms. The fourth-order valence-electron chi connectivity index (χ4n) is 2.97. The maximum atomic E-state index is 11.1. The molecule has 17 heavy (non-hydrogen) atoms. The minimum absolute atomic E-state index is 0.152. The summed E-state index contributed by atoms with van der Waals surface area (Å²) < 4.78 is 5.22. The zero-order valence-corrected chi connectivity index (χ0v) is 9.69. The summed E-state index contributed by atoms with van der Waals surface area (Å²) in [6.45, 7) is 0.850. The second kappa shape index (κ2) is 3.39. The lowest BCUT2D eigenvalue weighted by molar-refractivity contribution is -0.139. The molecule has 2 atom stereocenters. The van der Waals surface area contributed by atoms with E-state index in [1.54, 1.807) is 7.11 Å². The van der Waals surface area contributed by atoms with Crippen LogP contribution in [0.3, 0.4) is 0 Å². The van der Waals surface area contributed by atoms with Crippen molar-refractivity contribution in [2.24, 2.45) is 5.92 Å². The highest BCUT2D eigenvalue weighted by Gasteiger charge is 2.60. The van der Waals surface area contributed by atoms with Crippen molar-refractivity contribution in [3.05, 3.63) is 23.8 Å². The van der Waals surface area contributed by atoms with Gasteiger partial charge in [0.25, 0.3) is 0 Å². The molecule has 0 amide bonds. The first-order chi connectivity index (χ1) is 8.17. The predicted molar refractivity (Wildman–Crippen MR) is 63.5 cm³/mol. The van der Waals surface area contributed by atoms with Gasteiger partial charge in [0.05, 0.1) is 13.0 Å². The number of methoxy groups -OCH3 is 1. The predicted octanol–water partition coefficient (Wildman–Crippen LogP) is 1.85. The molecule has 2 aliphatic rings. The van der Waals surface area contributed by atoms with Gasteiger partial charge in [0.2, 0.25) is 0 Å². The Labute approximate surface area is 99.6 Å². The van der Waals surface area contributed by atoms with Crippen molar-refractivity contribution >= 4 is 11.7 Å². The molecule has 2 N–H and O–H groups in total. The lowest BCUT2D eigenvalue weighted by atomic mass is 9.85. The van der Waals surface area contributed by atoms with Gasteiger partial charge in [-0.15, -0.1) is 0 Å². The number of anilines is 1. The SMILES string of the molecule is COc1ccc2c(c1)C1(CCN2)CC1C(=O)O. The van der Waals surface area contributed by atoms with E-state index in [0.29, 0.717) is 0 Å². The van der Waals surface area contributed by atoms with E-state index in [1.165, 1.54) is 0 Å². The van der Waals surface area contributed by atoms with Gasteiger partial charge in [-0.05, 0) is 36.6 Å². The van der Waals surface area contributed by atoms with Crippen molar-refractivity contribution in [2.75, 3.05) is 19.0 Å². The lowest BCUT2D eigenvalue weighted by Crippen LogP contribution is -2.25. The van der Waals surface area contributed by atoms with Gasteiger partial charge in [0, 0.05) is 17.6 Å². The summed E-state index contributed by atoms with van der Waals surface area (Å²) in [5.74, 6) is -0.112. The number of carboxylic acids is 1. The summed E-state index contributed by atoms with van der Waals surface area (Å²) in [6, 6.07) is 5.86. The Kier molecular flexibility index (Phi) is 2.08. The molecule has 4 nitrogen and oxygen atoms in total. The van der Waals surface area contributed by atoms with Gasteiger partial charge in [0.1, 0.15) is 5.75 Å². The Balaban J connectivity index is 2.05. The summed E-state index contributed by atoms with van der Waals surface area (Å²) >= 11 is 0. The summed E-state index contributed by atoms with van der Waals surface area (Å²) in [5.41, 5.74) is 2.01. The molecule has 1 saturated carbocycles. The third-order valence-corrected chi connectivity index (χ3v) is 4.02. The van der Waals surface area contributed by atoms with Crippen LogP contribution in [0.1, 0.15) is 18.4 Å². The lowest BCUT2D eigenvalue weighted by Gasteiger charge is -2.27. The van der Waals surface area contributed by atoms with Crippen LogP contribution < -0.4 is 10.1 Å². The topological polar surface area (TPSA) is 58.6 Å². The van der Waals surface area contributed by atoms with Gasteiger partial charge < -0.3 is 15.2 Å². The Morgan fingerprint density at radius 1 is 1.59 bits per heavy atom. The Morgan fingerprint density at radius 2 is 2.41 bits per heavy atom. The van der Waals surface area contributed by atoms with Crippen LogP contribution in [0.25, 0.3) is 0 Å². The van der Waals surface area contributed by atoms with E-state index in [0.717, 1.165) is 36.4 Å². The van der Waals surface area contributed by atoms with Crippen LogP contribution in [-0.4, -0.2) is 24.7 Å².